The van der Waals surface area contributed by atoms with Gasteiger partial charge in [-0.05, 0) is 19.4 Å². The predicted octanol–water partition coefficient (Wildman–Crippen LogP) is 1.97. The SMILES string of the molecule is CCCC(C)N1CCN(c2ccncc2N)CC1. The number of nitrogens with two attached hydrogens (primary N) is 1. The van der Waals surface area contributed by atoms with Gasteiger partial charge in [0.05, 0.1) is 17.6 Å². The first-order valence-electron chi connectivity index (χ1n) is 6.91. The molecule has 1 aromatic rings. The van der Waals surface area contributed by atoms with Crippen molar-refractivity contribution in [3.8, 4) is 0 Å². The first-order chi connectivity index (χ1) is 8.72. The van der Waals surface area contributed by atoms with Gasteiger partial charge >= 0.3 is 0 Å². The standard InChI is InChI=1S/C14H24N4/c1-3-4-12(2)17-7-9-18(10-8-17)14-5-6-16-11-13(14)15/h5-6,11-12H,3-4,7-10,15H2,1-2H3. The first-order valence-corrected chi connectivity index (χ1v) is 6.91. The van der Waals surface area contributed by atoms with E-state index in [1.807, 2.05) is 12.3 Å². The molecule has 100 valence electrons. The minimum Gasteiger partial charge on any atom is -0.396 e. The Balaban J connectivity index is 1.93. The Hall–Kier alpha value is -1.29. The number of nitrogen functional groups attached to an aromatic ring is 1. The molecule has 2 N–H and O–H groups in total. The van der Waals surface area contributed by atoms with Crippen molar-refractivity contribution in [2.45, 2.75) is 32.7 Å². The fourth-order valence-corrected chi connectivity index (χ4v) is 2.69. The van der Waals surface area contributed by atoms with Gasteiger partial charge in [-0.25, -0.2) is 0 Å². The van der Waals surface area contributed by atoms with Crippen LogP contribution < -0.4 is 10.6 Å². The molecule has 1 atom stereocenters. The molecule has 4 nitrogen and oxygen atoms in total. The monoisotopic (exact) mass is 248 g/mol. The largest absolute Gasteiger partial charge is 0.396 e. The number of piperazine rings is 1. The third kappa shape index (κ3) is 2.93. The lowest BCUT2D eigenvalue weighted by molar-refractivity contribution is 0.188. The third-order valence-corrected chi connectivity index (χ3v) is 3.81. The van der Waals surface area contributed by atoms with Gasteiger partial charge in [0.2, 0.25) is 0 Å². The zero-order chi connectivity index (χ0) is 13.0. The van der Waals surface area contributed by atoms with Gasteiger partial charge < -0.3 is 10.6 Å². The Morgan fingerprint density at radius 3 is 2.67 bits per heavy atom. The van der Waals surface area contributed by atoms with Gasteiger partial charge in [-0.2, -0.15) is 0 Å². The second-order valence-corrected chi connectivity index (χ2v) is 5.10. The van der Waals surface area contributed by atoms with E-state index in [1.165, 1.54) is 12.8 Å². The van der Waals surface area contributed by atoms with E-state index >= 15 is 0 Å². The summed E-state index contributed by atoms with van der Waals surface area (Å²) in [5.74, 6) is 0. The maximum atomic E-state index is 5.98. The summed E-state index contributed by atoms with van der Waals surface area (Å²) in [6, 6.07) is 2.72. The van der Waals surface area contributed by atoms with Crippen LogP contribution >= 0.6 is 0 Å². The van der Waals surface area contributed by atoms with E-state index in [4.69, 9.17) is 5.73 Å². The van der Waals surface area contributed by atoms with E-state index in [9.17, 15) is 0 Å². The molecule has 0 aliphatic carbocycles. The average molecular weight is 248 g/mol. The minimum absolute atomic E-state index is 0.701. The molecule has 1 aliphatic rings. The normalized spacial score (nSPS) is 18.9. The summed E-state index contributed by atoms with van der Waals surface area (Å²) >= 11 is 0. The average Bonchev–Trinajstić information content (AvgIpc) is 2.40. The van der Waals surface area contributed by atoms with Crippen LogP contribution in [-0.2, 0) is 0 Å². The van der Waals surface area contributed by atoms with Crippen molar-refractivity contribution in [1.29, 1.82) is 0 Å². The lowest BCUT2D eigenvalue weighted by Crippen LogP contribution is -2.49. The number of nitrogens with zero attached hydrogens (tertiary/aromatic N) is 3. The van der Waals surface area contributed by atoms with Gasteiger partial charge in [-0.3, -0.25) is 9.88 Å². The van der Waals surface area contributed by atoms with Crippen LogP contribution in [0.15, 0.2) is 18.5 Å². The molecule has 1 aliphatic heterocycles. The highest BCUT2D eigenvalue weighted by atomic mass is 15.3. The predicted molar refractivity (Wildman–Crippen MR) is 76.8 cm³/mol. The van der Waals surface area contributed by atoms with E-state index in [1.54, 1.807) is 6.20 Å². The van der Waals surface area contributed by atoms with Crippen LogP contribution in [0.2, 0.25) is 0 Å². The number of anilines is 2. The van der Waals surface area contributed by atoms with Crippen molar-refractivity contribution < 1.29 is 0 Å². The number of pyridine rings is 1. The Labute approximate surface area is 110 Å². The van der Waals surface area contributed by atoms with Crippen molar-refractivity contribution in [3.63, 3.8) is 0 Å². The molecular weight excluding hydrogens is 224 g/mol. The molecule has 0 radical (unpaired) electrons. The van der Waals surface area contributed by atoms with Crippen LogP contribution in [0.3, 0.4) is 0 Å². The highest BCUT2D eigenvalue weighted by molar-refractivity contribution is 5.66. The minimum atomic E-state index is 0.701. The first kappa shape index (κ1) is 13.1. The number of hydrogen-bond acceptors (Lipinski definition) is 4. The highest BCUT2D eigenvalue weighted by Gasteiger charge is 2.21. The molecule has 0 aromatic carbocycles. The molecule has 4 heteroatoms. The zero-order valence-corrected chi connectivity index (χ0v) is 11.5. The maximum Gasteiger partial charge on any atom is 0.0738 e. The molecule has 2 rings (SSSR count). The molecule has 0 bridgehead atoms. The van der Waals surface area contributed by atoms with Gasteiger partial charge in [-0.1, -0.05) is 13.3 Å². The Morgan fingerprint density at radius 1 is 1.33 bits per heavy atom. The number of aromatic nitrogens is 1. The molecule has 1 saturated heterocycles. The van der Waals surface area contributed by atoms with Gasteiger partial charge in [0.1, 0.15) is 0 Å². The summed E-state index contributed by atoms with van der Waals surface area (Å²) < 4.78 is 0. The molecule has 1 aromatic heterocycles. The second kappa shape index (κ2) is 6.05. The van der Waals surface area contributed by atoms with Crippen LogP contribution in [-0.4, -0.2) is 42.1 Å². The van der Waals surface area contributed by atoms with Crippen molar-refractivity contribution in [2.75, 3.05) is 36.8 Å². The van der Waals surface area contributed by atoms with Crippen LogP contribution in [0, 0.1) is 0 Å². The van der Waals surface area contributed by atoms with Gasteiger partial charge in [0.25, 0.3) is 0 Å². The fraction of sp³-hybridized carbons (Fsp3) is 0.643. The quantitative estimate of drug-likeness (QED) is 0.885. The summed E-state index contributed by atoms with van der Waals surface area (Å²) in [7, 11) is 0. The lowest BCUT2D eigenvalue weighted by atomic mass is 10.1. The van der Waals surface area contributed by atoms with E-state index in [2.05, 4.69) is 28.6 Å². The third-order valence-electron chi connectivity index (χ3n) is 3.81. The summed E-state index contributed by atoms with van der Waals surface area (Å²) in [6.45, 7) is 8.96. The molecule has 18 heavy (non-hydrogen) atoms. The van der Waals surface area contributed by atoms with E-state index in [0.717, 1.165) is 37.6 Å². The Kier molecular flexibility index (Phi) is 4.42. The van der Waals surface area contributed by atoms with Crippen molar-refractivity contribution in [2.24, 2.45) is 0 Å². The molecule has 0 spiro atoms. The smallest absolute Gasteiger partial charge is 0.0738 e. The van der Waals surface area contributed by atoms with Crippen LogP contribution in [0.5, 0.6) is 0 Å². The van der Waals surface area contributed by atoms with Gasteiger partial charge in [0.15, 0.2) is 0 Å². The molecule has 0 amide bonds. The van der Waals surface area contributed by atoms with E-state index in [0.29, 0.717) is 6.04 Å². The summed E-state index contributed by atoms with van der Waals surface area (Å²) in [6.07, 6.45) is 6.11. The molecule has 1 unspecified atom stereocenters. The summed E-state index contributed by atoms with van der Waals surface area (Å²) in [5.41, 5.74) is 7.89. The summed E-state index contributed by atoms with van der Waals surface area (Å²) in [4.78, 5) is 8.99. The van der Waals surface area contributed by atoms with Gasteiger partial charge in [-0.15, -0.1) is 0 Å². The Bertz CT molecular complexity index is 372. The second-order valence-electron chi connectivity index (χ2n) is 5.10. The maximum absolute atomic E-state index is 5.98. The topological polar surface area (TPSA) is 45.4 Å². The van der Waals surface area contributed by atoms with Crippen LogP contribution in [0.25, 0.3) is 0 Å². The van der Waals surface area contributed by atoms with Crippen LogP contribution in [0.4, 0.5) is 11.4 Å². The summed E-state index contributed by atoms with van der Waals surface area (Å²) in [5, 5.41) is 0. The van der Waals surface area contributed by atoms with Crippen molar-refractivity contribution >= 4 is 11.4 Å². The van der Waals surface area contributed by atoms with E-state index < -0.39 is 0 Å². The number of hydrogen-bond donors (Lipinski definition) is 1. The molecular formula is C14H24N4. The Morgan fingerprint density at radius 2 is 2.06 bits per heavy atom. The van der Waals surface area contributed by atoms with E-state index in [-0.39, 0.29) is 0 Å². The highest BCUT2D eigenvalue weighted by Crippen LogP contribution is 2.23. The van der Waals surface area contributed by atoms with Crippen molar-refractivity contribution in [1.82, 2.24) is 9.88 Å². The lowest BCUT2D eigenvalue weighted by Gasteiger charge is -2.39. The van der Waals surface area contributed by atoms with Crippen LogP contribution in [0.1, 0.15) is 26.7 Å². The fourth-order valence-electron chi connectivity index (χ4n) is 2.69. The van der Waals surface area contributed by atoms with Crippen molar-refractivity contribution in [3.05, 3.63) is 18.5 Å². The molecule has 0 saturated carbocycles. The zero-order valence-electron chi connectivity index (χ0n) is 11.5. The molecule has 2 heterocycles. The van der Waals surface area contributed by atoms with Gasteiger partial charge in [0, 0.05) is 38.4 Å². The molecule has 1 fully saturated rings. The number of rotatable bonds is 4.